The molecule has 2 heterocycles. The summed E-state index contributed by atoms with van der Waals surface area (Å²) < 4.78 is 8.83. The monoisotopic (exact) mass is 345 g/mol. The van der Waals surface area contributed by atoms with Crippen molar-refractivity contribution in [3.05, 3.63) is 65.2 Å². The van der Waals surface area contributed by atoms with Gasteiger partial charge in [0.15, 0.2) is 6.73 Å². The molecule has 3 aromatic rings. The molecule has 7 nitrogen and oxygen atoms in total. The van der Waals surface area contributed by atoms with E-state index < -0.39 is 0 Å². The summed E-state index contributed by atoms with van der Waals surface area (Å²) in [6.07, 6.45) is 3.37. The van der Waals surface area contributed by atoms with E-state index in [1.807, 2.05) is 13.1 Å². The Morgan fingerprint density at radius 2 is 2.04 bits per heavy atom. The third-order valence-electron chi connectivity index (χ3n) is 3.40. The van der Waals surface area contributed by atoms with Crippen molar-refractivity contribution in [3.8, 4) is 5.75 Å². The predicted octanol–water partition coefficient (Wildman–Crippen LogP) is 2.24. The maximum atomic E-state index is 12.1. The Bertz CT molecular complexity index is 825. The summed E-state index contributed by atoms with van der Waals surface area (Å²) in [5.74, 6) is 0.429. The standard InChI is InChI=1S/C16H16ClN5O2/c1-21-13(6-8-19-21)10-18-16(23)15-7-9-22(20-15)11-24-14-4-2-12(17)3-5-14/h2-9H,10-11H2,1H3,(H,18,23). The van der Waals surface area contributed by atoms with Crippen LogP contribution < -0.4 is 10.1 Å². The Kier molecular flexibility index (Phi) is 4.81. The fourth-order valence-electron chi connectivity index (χ4n) is 2.06. The van der Waals surface area contributed by atoms with Crippen LogP contribution in [0.4, 0.5) is 0 Å². The molecule has 0 aliphatic heterocycles. The maximum absolute atomic E-state index is 12.1. The first-order valence-electron chi connectivity index (χ1n) is 7.29. The van der Waals surface area contributed by atoms with Crippen LogP contribution >= 0.6 is 11.6 Å². The van der Waals surface area contributed by atoms with Crippen LogP contribution in [-0.4, -0.2) is 25.5 Å². The number of hydrogen-bond acceptors (Lipinski definition) is 4. The maximum Gasteiger partial charge on any atom is 0.272 e. The lowest BCUT2D eigenvalue weighted by atomic mass is 10.3. The average Bonchev–Trinajstić information content (AvgIpc) is 3.21. The molecule has 0 aliphatic carbocycles. The molecule has 0 saturated heterocycles. The number of halogens is 1. The molecular formula is C16H16ClN5O2. The summed E-state index contributed by atoms with van der Waals surface area (Å²) in [6, 6.07) is 10.5. The van der Waals surface area contributed by atoms with Gasteiger partial charge in [-0.25, -0.2) is 4.68 Å². The number of aryl methyl sites for hydroxylation is 1. The van der Waals surface area contributed by atoms with Crippen molar-refractivity contribution < 1.29 is 9.53 Å². The first-order valence-corrected chi connectivity index (χ1v) is 7.66. The third-order valence-corrected chi connectivity index (χ3v) is 3.65. The van der Waals surface area contributed by atoms with Gasteiger partial charge in [-0.2, -0.15) is 10.2 Å². The second kappa shape index (κ2) is 7.18. The van der Waals surface area contributed by atoms with E-state index in [9.17, 15) is 4.79 Å². The first kappa shape index (κ1) is 16.1. The fraction of sp³-hybridized carbons (Fsp3) is 0.188. The molecule has 1 amide bonds. The highest BCUT2D eigenvalue weighted by molar-refractivity contribution is 6.30. The molecule has 0 bridgehead atoms. The molecule has 1 aromatic carbocycles. The van der Waals surface area contributed by atoms with Crippen LogP contribution in [0, 0.1) is 0 Å². The number of aromatic nitrogens is 4. The third kappa shape index (κ3) is 3.94. The van der Waals surface area contributed by atoms with E-state index in [0.29, 0.717) is 23.0 Å². The van der Waals surface area contributed by atoms with Gasteiger partial charge in [0.25, 0.3) is 5.91 Å². The lowest BCUT2D eigenvalue weighted by molar-refractivity contribution is 0.0943. The van der Waals surface area contributed by atoms with Gasteiger partial charge in [-0.15, -0.1) is 0 Å². The Morgan fingerprint density at radius 1 is 1.25 bits per heavy atom. The number of hydrogen-bond donors (Lipinski definition) is 1. The second-order valence-electron chi connectivity index (χ2n) is 5.10. The Morgan fingerprint density at radius 3 is 2.75 bits per heavy atom. The number of amides is 1. The molecule has 3 rings (SSSR count). The quantitative estimate of drug-likeness (QED) is 0.743. The smallest absolute Gasteiger partial charge is 0.272 e. The van der Waals surface area contributed by atoms with Crippen LogP contribution in [-0.2, 0) is 20.3 Å². The highest BCUT2D eigenvalue weighted by atomic mass is 35.5. The number of nitrogens with one attached hydrogen (secondary N) is 1. The van der Waals surface area contributed by atoms with Crippen LogP contribution in [0.1, 0.15) is 16.2 Å². The lowest BCUT2D eigenvalue weighted by Crippen LogP contribution is -2.24. The van der Waals surface area contributed by atoms with Gasteiger partial charge in [0.05, 0.1) is 12.2 Å². The minimum atomic E-state index is -0.249. The number of ether oxygens (including phenoxy) is 1. The van der Waals surface area contributed by atoms with Crippen molar-refractivity contribution >= 4 is 17.5 Å². The predicted molar refractivity (Wildman–Crippen MR) is 88.7 cm³/mol. The number of rotatable bonds is 6. The number of nitrogens with zero attached hydrogens (tertiary/aromatic N) is 4. The number of carbonyl (C=O) groups is 1. The molecule has 2 aromatic heterocycles. The zero-order chi connectivity index (χ0) is 16.9. The van der Waals surface area contributed by atoms with E-state index in [2.05, 4.69) is 15.5 Å². The van der Waals surface area contributed by atoms with E-state index in [0.717, 1.165) is 5.69 Å². The highest BCUT2D eigenvalue weighted by Crippen LogP contribution is 2.15. The van der Waals surface area contributed by atoms with Crippen molar-refractivity contribution in [2.24, 2.45) is 7.05 Å². The zero-order valence-corrected chi connectivity index (χ0v) is 13.8. The second-order valence-corrected chi connectivity index (χ2v) is 5.53. The Balaban J connectivity index is 1.53. The van der Waals surface area contributed by atoms with Gasteiger partial charge in [-0.3, -0.25) is 9.48 Å². The molecule has 0 atom stereocenters. The van der Waals surface area contributed by atoms with E-state index in [-0.39, 0.29) is 12.6 Å². The van der Waals surface area contributed by atoms with Crippen LogP contribution in [0.2, 0.25) is 5.02 Å². The molecule has 8 heteroatoms. The lowest BCUT2D eigenvalue weighted by Gasteiger charge is -2.06. The van der Waals surface area contributed by atoms with E-state index in [1.54, 1.807) is 52.1 Å². The van der Waals surface area contributed by atoms with Gasteiger partial charge in [-0.1, -0.05) is 11.6 Å². The molecule has 0 fully saturated rings. The SMILES string of the molecule is Cn1nccc1CNC(=O)c1ccn(COc2ccc(Cl)cc2)n1. The van der Waals surface area contributed by atoms with Crippen molar-refractivity contribution in [1.82, 2.24) is 24.9 Å². The summed E-state index contributed by atoms with van der Waals surface area (Å²) in [4.78, 5) is 12.1. The highest BCUT2D eigenvalue weighted by Gasteiger charge is 2.10. The topological polar surface area (TPSA) is 74.0 Å². The molecule has 0 saturated carbocycles. The van der Waals surface area contributed by atoms with Crippen molar-refractivity contribution in [1.29, 1.82) is 0 Å². The minimum absolute atomic E-state index is 0.205. The molecule has 124 valence electrons. The Labute approximate surface area is 143 Å². The summed E-state index contributed by atoms with van der Waals surface area (Å²) in [5, 5.41) is 11.7. The van der Waals surface area contributed by atoms with Crippen LogP contribution in [0.15, 0.2) is 48.8 Å². The number of benzene rings is 1. The van der Waals surface area contributed by atoms with E-state index in [1.165, 1.54) is 0 Å². The average molecular weight is 346 g/mol. The van der Waals surface area contributed by atoms with Crippen LogP contribution in [0.3, 0.4) is 0 Å². The summed E-state index contributed by atoms with van der Waals surface area (Å²) in [5.41, 5.74) is 1.24. The van der Waals surface area contributed by atoms with Gasteiger partial charge >= 0.3 is 0 Å². The van der Waals surface area contributed by atoms with Crippen LogP contribution in [0.5, 0.6) is 5.75 Å². The largest absolute Gasteiger partial charge is 0.471 e. The first-order chi connectivity index (χ1) is 11.6. The van der Waals surface area contributed by atoms with Crippen molar-refractivity contribution in [3.63, 3.8) is 0 Å². The molecular weight excluding hydrogens is 330 g/mol. The molecule has 1 N–H and O–H groups in total. The number of carbonyl (C=O) groups excluding carboxylic acids is 1. The summed E-state index contributed by atoms with van der Waals surface area (Å²) in [6.45, 7) is 0.597. The van der Waals surface area contributed by atoms with Gasteiger partial charge in [0.1, 0.15) is 11.4 Å². The zero-order valence-electron chi connectivity index (χ0n) is 13.0. The fourth-order valence-corrected chi connectivity index (χ4v) is 2.19. The molecule has 0 unspecified atom stereocenters. The van der Waals surface area contributed by atoms with Gasteiger partial charge in [0.2, 0.25) is 0 Å². The van der Waals surface area contributed by atoms with Crippen molar-refractivity contribution in [2.45, 2.75) is 13.3 Å². The van der Waals surface area contributed by atoms with Gasteiger partial charge in [0, 0.05) is 24.5 Å². The minimum Gasteiger partial charge on any atom is -0.471 e. The Hall–Kier alpha value is -2.80. The molecule has 0 aliphatic rings. The summed E-state index contributed by atoms with van der Waals surface area (Å²) in [7, 11) is 1.82. The summed E-state index contributed by atoms with van der Waals surface area (Å²) >= 11 is 5.82. The van der Waals surface area contributed by atoms with Crippen molar-refractivity contribution in [2.75, 3.05) is 0 Å². The normalized spacial score (nSPS) is 10.6. The van der Waals surface area contributed by atoms with Crippen LogP contribution in [0.25, 0.3) is 0 Å². The van der Waals surface area contributed by atoms with Gasteiger partial charge in [-0.05, 0) is 36.4 Å². The van der Waals surface area contributed by atoms with Gasteiger partial charge < -0.3 is 10.1 Å². The molecule has 0 radical (unpaired) electrons. The van der Waals surface area contributed by atoms with E-state index in [4.69, 9.17) is 16.3 Å². The molecule has 0 spiro atoms. The van der Waals surface area contributed by atoms with E-state index >= 15 is 0 Å². The molecule has 24 heavy (non-hydrogen) atoms.